The fraction of sp³-hybridized carbons (Fsp3) is 0.450. The van der Waals surface area contributed by atoms with Crippen LogP contribution in [0.2, 0.25) is 5.02 Å². The molecule has 0 fully saturated rings. The number of aromatic nitrogens is 2. The number of nitrogens with zero attached hydrogens (tertiary/aromatic N) is 2. The number of benzene rings is 1. The highest BCUT2D eigenvalue weighted by Crippen LogP contribution is 2.20. The van der Waals surface area contributed by atoms with Gasteiger partial charge < -0.3 is 10.6 Å². The third-order valence-electron chi connectivity index (χ3n) is 4.51. The second-order valence-electron chi connectivity index (χ2n) is 6.67. The Morgan fingerprint density at radius 3 is 2.46 bits per heavy atom. The minimum Gasteiger partial charge on any atom is -0.383 e. The molecule has 1 heterocycles. The number of carbonyl (C=O) groups is 1. The molecule has 7 nitrogen and oxygen atoms in total. The van der Waals surface area contributed by atoms with Crippen molar-refractivity contribution in [1.82, 2.24) is 9.55 Å². The van der Waals surface area contributed by atoms with Gasteiger partial charge in [0.15, 0.2) is 5.69 Å². The predicted molar refractivity (Wildman–Crippen MR) is 113 cm³/mol. The highest BCUT2D eigenvalue weighted by atomic mass is 35.5. The van der Waals surface area contributed by atoms with Crippen LogP contribution >= 0.6 is 11.6 Å². The fourth-order valence-electron chi connectivity index (χ4n) is 3.00. The number of nitrogens with two attached hydrogens (primary N) is 1. The summed E-state index contributed by atoms with van der Waals surface area (Å²) in [6.45, 7) is 4.65. The lowest BCUT2D eigenvalue weighted by molar-refractivity contribution is -0.118. The third kappa shape index (κ3) is 5.25. The van der Waals surface area contributed by atoms with Crippen molar-refractivity contribution in [3.8, 4) is 0 Å². The van der Waals surface area contributed by atoms with Gasteiger partial charge in [-0.3, -0.25) is 19.1 Å². The van der Waals surface area contributed by atoms with Crippen molar-refractivity contribution in [1.29, 1.82) is 0 Å². The van der Waals surface area contributed by atoms with Crippen molar-refractivity contribution in [2.75, 3.05) is 17.2 Å². The van der Waals surface area contributed by atoms with E-state index in [1.165, 1.54) is 9.47 Å². The van der Waals surface area contributed by atoms with Gasteiger partial charge in [0.1, 0.15) is 5.82 Å². The van der Waals surface area contributed by atoms with Gasteiger partial charge in [-0.15, -0.1) is 0 Å². The van der Waals surface area contributed by atoms with Crippen molar-refractivity contribution >= 4 is 29.0 Å². The molecule has 1 aromatic heterocycles. The molecule has 0 bridgehead atoms. The predicted octanol–water partition coefficient (Wildman–Crippen LogP) is 2.95. The summed E-state index contributed by atoms with van der Waals surface area (Å²) in [5, 5.41) is 0.636. The van der Waals surface area contributed by atoms with Gasteiger partial charge in [0, 0.05) is 24.5 Å². The molecule has 28 heavy (non-hydrogen) atoms. The zero-order valence-corrected chi connectivity index (χ0v) is 17.1. The smallest absolute Gasteiger partial charge is 0.330 e. The summed E-state index contributed by atoms with van der Waals surface area (Å²) < 4.78 is 1.31. The van der Waals surface area contributed by atoms with Crippen LogP contribution in [-0.4, -0.2) is 22.0 Å². The molecule has 1 amide bonds. The number of carbonyl (C=O) groups excluding carboxylic acids is 1. The number of nitrogens with one attached hydrogen (secondary N) is 1. The summed E-state index contributed by atoms with van der Waals surface area (Å²) in [6, 6.07) is 7.29. The summed E-state index contributed by atoms with van der Waals surface area (Å²) in [6.07, 6.45) is 2.99. The van der Waals surface area contributed by atoms with Gasteiger partial charge in [0.2, 0.25) is 5.91 Å². The average Bonchev–Trinajstić information content (AvgIpc) is 2.66. The number of amides is 1. The lowest BCUT2D eigenvalue weighted by Gasteiger charge is -2.24. The maximum atomic E-state index is 13.0. The Morgan fingerprint density at radius 2 is 1.86 bits per heavy atom. The Kier molecular flexibility index (Phi) is 7.87. The number of nitrogen functional groups attached to an aromatic ring is 1. The fourth-order valence-corrected chi connectivity index (χ4v) is 3.12. The zero-order valence-electron chi connectivity index (χ0n) is 16.3. The number of aromatic amines is 1. The second-order valence-corrected chi connectivity index (χ2v) is 7.11. The number of aryl methyl sites for hydroxylation is 1. The molecule has 0 aliphatic heterocycles. The van der Waals surface area contributed by atoms with Gasteiger partial charge >= 0.3 is 5.69 Å². The van der Waals surface area contributed by atoms with E-state index in [9.17, 15) is 14.4 Å². The number of rotatable bonds is 9. The molecule has 0 saturated heterocycles. The Morgan fingerprint density at radius 1 is 1.18 bits per heavy atom. The lowest BCUT2D eigenvalue weighted by Crippen LogP contribution is -2.41. The molecule has 0 aliphatic carbocycles. The quantitative estimate of drug-likeness (QED) is 0.668. The van der Waals surface area contributed by atoms with Gasteiger partial charge in [-0.05, 0) is 37.0 Å². The molecule has 0 saturated carbocycles. The van der Waals surface area contributed by atoms with Gasteiger partial charge in [-0.25, -0.2) is 4.79 Å². The Balaban J connectivity index is 2.33. The van der Waals surface area contributed by atoms with E-state index in [-0.39, 0.29) is 23.8 Å². The topological polar surface area (TPSA) is 101 Å². The van der Waals surface area contributed by atoms with E-state index < -0.39 is 11.2 Å². The summed E-state index contributed by atoms with van der Waals surface area (Å²) in [5.74, 6) is -0.172. The first-order valence-electron chi connectivity index (χ1n) is 9.56. The van der Waals surface area contributed by atoms with Crippen LogP contribution in [0.3, 0.4) is 0 Å². The number of unbranched alkanes of at least 4 members (excludes halogenated alkanes) is 1. The monoisotopic (exact) mass is 406 g/mol. The maximum absolute atomic E-state index is 13.0. The molecule has 0 aliphatic rings. The molecule has 1 aromatic carbocycles. The molecule has 3 N–H and O–H groups in total. The number of hydrogen-bond donors (Lipinski definition) is 2. The first-order valence-corrected chi connectivity index (χ1v) is 9.94. The lowest BCUT2D eigenvalue weighted by atomic mass is 10.1. The molecule has 0 atom stereocenters. The van der Waals surface area contributed by atoms with Crippen LogP contribution in [0, 0.1) is 0 Å². The minimum absolute atomic E-state index is 0.0338. The highest BCUT2D eigenvalue weighted by molar-refractivity contribution is 6.30. The molecular weight excluding hydrogens is 380 g/mol. The van der Waals surface area contributed by atoms with E-state index in [1.807, 2.05) is 26.0 Å². The third-order valence-corrected chi connectivity index (χ3v) is 4.76. The largest absolute Gasteiger partial charge is 0.383 e. The highest BCUT2D eigenvalue weighted by Gasteiger charge is 2.23. The number of halogens is 1. The normalized spacial score (nSPS) is 10.8. The van der Waals surface area contributed by atoms with Crippen LogP contribution in [-0.2, 0) is 17.8 Å². The van der Waals surface area contributed by atoms with Gasteiger partial charge in [-0.1, -0.05) is 44.0 Å². The summed E-state index contributed by atoms with van der Waals surface area (Å²) in [5.41, 5.74) is 5.98. The Bertz CT molecular complexity index is 919. The van der Waals surface area contributed by atoms with Crippen LogP contribution in [0.15, 0.2) is 33.9 Å². The number of anilines is 2. The van der Waals surface area contributed by atoms with Crippen molar-refractivity contribution in [3.63, 3.8) is 0 Å². The van der Waals surface area contributed by atoms with Crippen molar-refractivity contribution in [2.24, 2.45) is 0 Å². The molecule has 152 valence electrons. The number of hydrogen-bond acceptors (Lipinski definition) is 4. The summed E-state index contributed by atoms with van der Waals surface area (Å²) in [7, 11) is 0. The van der Waals surface area contributed by atoms with Gasteiger partial charge in [0.05, 0.1) is 0 Å². The molecule has 0 spiro atoms. The molecule has 2 rings (SSSR count). The Hall–Kier alpha value is -2.54. The Labute approximate surface area is 169 Å². The zero-order chi connectivity index (χ0) is 20.7. The standard InChI is InChI=1S/C20H27ClN4O3/c1-3-5-13-24(16(26)11-8-14-6-9-15(21)10-7-14)17-18(22)25(12-4-2)20(28)23-19(17)27/h6-7,9-10H,3-5,8,11-13,22H2,1-2H3,(H,23,27,28). The molecular formula is C20H27ClN4O3. The van der Waals surface area contributed by atoms with Crippen LogP contribution in [0.5, 0.6) is 0 Å². The summed E-state index contributed by atoms with van der Waals surface area (Å²) in [4.78, 5) is 41.2. The van der Waals surface area contributed by atoms with Crippen LogP contribution < -0.4 is 21.9 Å². The molecule has 0 radical (unpaired) electrons. The molecule has 8 heteroatoms. The van der Waals surface area contributed by atoms with E-state index in [1.54, 1.807) is 12.1 Å². The van der Waals surface area contributed by atoms with E-state index in [0.29, 0.717) is 31.0 Å². The first-order chi connectivity index (χ1) is 13.4. The summed E-state index contributed by atoms with van der Waals surface area (Å²) >= 11 is 5.90. The van der Waals surface area contributed by atoms with E-state index in [4.69, 9.17) is 17.3 Å². The average molecular weight is 407 g/mol. The van der Waals surface area contributed by atoms with Crippen molar-refractivity contribution in [3.05, 3.63) is 55.7 Å². The van der Waals surface area contributed by atoms with Gasteiger partial charge in [-0.2, -0.15) is 0 Å². The second kappa shape index (κ2) is 10.1. The van der Waals surface area contributed by atoms with E-state index >= 15 is 0 Å². The number of H-pyrrole nitrogens is 1. The van der Waals surface area contributed by atoms with Gasteiger partial charge in [0.25, 0.3) is 5.56 Å². The maximum Gasteiger partial charge on any atom is 0.330 e. The van der Waals surface area contributed by atoms with E-state index in [0.717, 1.165) is 18.4 Å². The van der Waals surface area contributed by atoms with Crippen LogP contribution in [0.4, 0.5) is 11.5 Å². The SMILES string of the molecule is CCCCN(C(=O)CCc1ccc(Cl)cc1)c1c(N)n(CCC)c(=O)[nH]c1=O. The van der Waals surface area contributed by atoms with Crippen LogP contribution in [0.25, 0.3) is 0 Å². The molecule has 2 aromatic rings. The van der Waals surface area contributed by atoms with E-state index in [2.05, 4.69) is 4.98 Å². The first kappa shape index (κ1) is 21.8. The van der Waals surface area contributed by atoms with Crippen molar-refractivity contribution < 1.29 is 4.79 Å². The van der Waals surface area contributed by atoms with Crippen LogP contribution in [0.1, 0.15) is 45.1 Å². The molecule has 0 unspecified atom stereocenters. The van der Waals surface area contributed by atoms with Crippen molar-refractivity contribution in [2.45, 2.75) is 52.5 Å². The minimum atomic E-state index is -0.634.